The van der Waals surface area contributed by atoms with Gasteiger partial charge in [-0.2, -0.15) is 0 Å². The topological polar surface area (TPSA) is 15.3 Å². The summed E-state index contributed by atoms with van der Waals surface area (Å²) in [6.45, 7) is 4.33. The second-order valence-electron chi connectivity index (χ2n) is 5.25. The minimum atomic E-state index is 0.651. The van der Waals surface area contributed by atoms with Crippen LogP contribution in [0.25, 0.3) is 0 Å². The van der Waals surface area contributed by atoms with E-state index >= 15 is 0 Å². The molecule has 1 aromatic rings. The summed E-state index contributed by atoms with van der Waals surface area (Å²) in [6, 6.07) is 10.5. The molecule has 1 N–H and O–H groups in total. The van der Waals surface area contributed by atoms with Crippen molar-refractivity contribution >= 4 is 17.6 Å². The van der Waals surface area contributed by atoms with Gasteiger partial charge >= 0.3 is 0 Å². The zero-order valence-corrected chi connectivity index (χ0v) is 12.7. The zero-order chi connectivity index (χ0) is 13.5. The lowest BCUT2D eigenvalue weighted by Gasteiger charge is -2.22. The highest BCUT2D eigenvalue weighted by Crippen LogP contribution is 2.24. The molecule has 0 aromatic heterocycles. The van der Waals surface area contributed by atoms with Gasteiger partial charge in [-0.1, -0.05) is 49.2 Å². The Balaban J connectivity index is 1.63. The molecule has 0 saturated heterocycles. The van der Waals surface area contributed by atoms with E-state index in [1.165, 1.54) is 18.5 Å². The second kappa shape index (κ2) is 7.61. The zero-order valence-electron chi connectivity index (χ0n) is 11.9. The Hall–Kier alpha value is -0.930. The third-order valence-corrected chi connectivity index (χ3v) is 4.61. The van der Waals surface area contributed by atoms with E-state index in [0.29, 0.717) is 5.25 Å². The van der Waals surface area contributed by atoms with Crippen molar-refractivity contribution in [3.8, 4) is 0 Å². The number of rotatable bonds is 6. The molecule has 1 aromatic carbocycles. The first kappa shape index (κ1) is 14.5. The van der Waals surface area contributed by atoms with Crippen LogP contribution in [-0.4, -0.2) is 25.4 Å². The first-order valence-electron chi connectivity index (χ1n) is 7.08. The first-order chi connectivity index (χ1) is 9.25. The summed E-state index contributed by atoms with van der Waals surface area (Å²) >= 11 is 1.87. The second-order valence-corrected chi connectivity index (χ2v) is 6.38. The van der Waals surface area contributed by atoms with Crippen LogP contribution in [0.15, 0.2) is 42.5 Å². The minimum absolute atomic E-state index is 0.651. The first-order valence-corrected chi connectivity index (χ1v) is 7.96. The third-order valence-electron chi connectivity index (χ3n) is 3.54. The predicted octanol–water partition coefficient (Wildman–Crippen LogP) is 3.72. The minimum Gasteiger partial charge on any atom is -0.373 e. The maximum atomic E-state index is 3.49. The number of anilines is 1. The van der Waals surface area contributed by atoms with Crippen LogP contribution in [0.3, 0.4) is 0 Å². The van der Waals surface area contributed by atoms with Crippen molar-refractivity contribution in [2.24, 2.45) is 5.92 Å². The molecule has 104 valence electrons. The molecular weight excluding hydrogens is 252 g/mol. The lowest BCUT2D eigenvalue weighted by molar-refractivity contribution is 0.590. The van der Waals surface area contributed by atoms with Crippen LogP contribution in [0.5, 0.6) is 0 Å². The summed E-state index contributed by atoms with van der Waals surface area (Å²) in [4.78, 5) is 2.28. The smallest absolute Gasteiger partial charge is 0.0372 e. The molecule has 2 rings (SSSR count). The molecule has 0 heterocycles. The van der Waals surface area contributed by atoms with E-state index in [1.54, 1.807) is 0 Å². The number of para-hydroxylation sites is 1. The van der Waals surface area contributed by atoms with Crippen molar-refractivity contribution in [1.82, 2.24) is 4.72 Å². The van der Waals surface area contributed by atoms with Gasteiger partial charge in [-0.3, -0.25) is 4.72 Å². The lowest BCUT2D eigenvalue weighted by atomic mass is 9.98. The van der Waals surface area contributed by atoms with Gasteiger partial charge in [-0.25, -0.2) is 0 Å². The molecule has 0 spiro atoms. The number of nitrogens with one attached hydrogen (secondary N) is 1. The number of likely N-dealkylation sites (N-methyl/N-ethyl adjacent to an activating group) is 1. The van der Waals surface area contributed by atoms with Gasteiger partial charge in [0.25, 0.3) is 0 Å². The number of hydrogen-bond donors (Lipinski definition) is 1. The van der Waals surface area contributed by atoms with E-state index in [4.69, 9.17) is 0 Å². The number of allylic oxidation sites excluding steroid dienone is 1. The van der Waals surface area contributed by atoms with Crippen molar-refractivity contribution < 1.29 is 0 Å². The fourth-order valence-electron chi connectivity index (χ4n) is 2.22. The van der Waals surface area contributed by atoms with E-state index in [-0.39, 0.29) is 0 Å². The van der Waals surface area contributed by atoms with Gasteiger partial charge < -0.3 is 4.90 Å². The van der Waals surface area contributed by atoms with Gasteiger partial charge in [0.15, 0.2) is 0 Å². The third kappa shape index (κ3) is 4.92. The monoisotopic (exact) mass is 276 g/mol. The summed E-state index contributed by atoms with van der Waals surface area (Å²) in [5.74, 6) is 0.765. The molecule has 0 radical (unpaired) electrons. The van der Waals surface area contributed by atoms with Crippen molar-refractivity contribution in [3.63, 3.8) is 0 Å². The van der Waals surface area contributed by atoms with E-state index < -0.39 is 0 Å². The van der Waals surface area contributed by atoms with Gasteiger partial charge in [0.1, 0.15) is 0 Å². The van der Waals surface area contributed by atoms with Gasteiger partial charge in [0.2, 0.25) is 0 Å². The van der Waals surface area contributed by atoms with E-state index in [2.05, 4.69) is 66.1 Å². The summed E-state index contributed by atoms with van der Waals surface area (Å²) in [7, 11) is 2.14. The summed E-state index contributed by atoms with van der Waals surface area (Å²) < 4.78 is 3.49. The summed E-state index contributed by atoms with van der Waals surface area (Å²) in [5, 5.41) is 0.651. The van der Waals surface area contributed by atoms with Crippen LogP contribution in [0.2, 0.25) is 0 Å². The van der Waals surface area contributed by atoms with E-state index in [1.807, 2.05) is 11.9 Å². The molecule has 1 aliphatic rings. The fourth-order valence-corrected chi connectivity index (χ4v) is 3.07. The Morgan fingerprint density at radius 3 is 2.68 bits per heavy atom. The van der Waals surface area contributed by atoms with Crippen LogP contribution in [-0.2, 0) is 0 Å². The van der Waals surface area contributed by atoms with Crippen LogP contribution in [0.4, 0.5) is 5.69 Å². The standard InChI is InChI=1S/C16H24N2S/c1-14-8-10-16(11-9-14)19-17-12-13-18(2)15-6-4-3-5-7-15/h3-8,10,14,16-17H,9,11-13H2,1-2H3. The highest BCUT2D eigenvalue weighted by molar-refractivity contribution is 7.98. The molecule has 0 amide bonds. The summed E-state index contributed by atoms with van der Waals surface area (Å²) in [5.41, 5.74) is 1.28. The van der Waals surface area contributed by atoms with Crippen LogP contribution >= 0.6 is 11.9 Å². The molecule has 0 aliphatic heterocycles. The molecule has 1 aliphatic carbocycles. The van der Waals surface area contributed by atoms with Crippen LogP contribution < -0.4 is 9.62 Å². The van der Waals surface area contributed by atoms with Gasteiger partial charge in [-0.15, -0.1) is 0 Å². The largest absolute Gasteiger partial charge is 0.373 e. The number of nitrogens with zero attached hydrogens (tertiary/aromatic N) is 1. The van der Waals surface area contributed by atoms with Crippen molar-refractivity contribution in [3.05, 3.63) is 42.5 Å². The molecule has 2 nitrogen and oxygen atoms in total. The highest BCUT2D eigenvalue weighted by atomic mass is 32.2. The van der Waals surface area contributed by atoms with E-state index in [9.17, 15) is 0 Å². The average molecular weight is 276 g/mol. The van der Waals surface area contributed by atoms with Crippen LogP contribution in [0, 0.1) is 5.92 Å². The Labute approximate surface area is 121 Å². The van der Waals surface area contributed by atoms with Gasteiger partial charge in [-0.05, 0) is 30.9 Å². The normalized spacial score (nSPS) is 22.4. The number of benzene rings is 1. The molecule has 0 bridgehead atoms. The molecule has 0 fully saturated rings. The molecular formula is C16H24N2S. The molecule has 2 unspecified atom stereocenters. The quantitative estimate of drug-likeness (QED) is 0.484. The van der Waals surface area contributed by atoms with Crippen LogP contribution in [0.1, 0.15) is 19.8 Å². The Bertz CT molecular complexity index is 391. The molecule has 2 atom stereocenters. The van der Waals surface area contributed by atoms with Crippen molar-refractivity contribution in [2.45, 2.75) is 25.0 Å². The van der Waals surface area contributed by atoms with Crippen molar-refractivity contribution in [1.29, 1.82) is 0 Å². The molecule has 19 heavy (non-hydrogen) atoms. The molecule has 3 heteroatoms. The number of hydrogen-bond acceptors (Lipinski definition) is 3. The maximum absolute atomic E-state index is 3.49. The SMILES string of the molecule is CC1C=CC(SNCCN(C)c2ccccc2)CC1. The Kier molecular flexibility index (Phi) is 5.80. The Morgan fingerprint density at radius 2 is 2.00 bits per heavy atom. The Morgan fingerprint density at radius 1 is 1.21 bits per heavy atom. The summed E-state index contributed by atoms with van der Waals surface area (Å²) in [6.07, 6.45) is 7.31. The predicted molar refractivity (Wildman–Crippen MR) is 86.6 cm³/mol. The van der Waals surface area contributed by atoms with Gasteiger partial charge in [0.05, 0.1) is 0 Å². The fraction of sp³-hybridized carbons (Fsp3) is 0.500. The maximum Gasteiger partial charge on any atom is 0.0372 e. The van der Waals surface area contributed by atoms with Crippen molar-refractivity contribution in [2.75, 3.05) is 25.0 Å². The van der Waals surface area contributed by atoms with E-state index in [0.717, 1.165) is 19.0 Å². The lowest BCUT2D eigenvalue weighted by Crippen LogP contribution is -2.27. The van der Waals surface area contributed by atoms with Gasteiger partial charge in [0, 0.05) is 31.1 Å². The average Bonchev–Trinajstić information content (AvgIpc) is 2.46. The highest BCUT2D eigenvalue weighted by Gasteiger charge is 2.12. The molecule has 0 saturated carbocycles.